The van der Waals surface area contributed by atoms with Crippen LogP contribution in [-0.2, 0) is 9.84 Å². The van der Waals surface area contributed by atoms with Crippen LogP contribution in [0, 0.1) is 0 Å². The lowest BCUT2D eigenvalue weighted by atomic mass is 10.2. The number of benzene rings is 1. The van der Waals surface area contributed by atoms with Crippen molar-refractivity contribution in [3.63, 3.8) is 0 Å². The molecule has 1 rings (SSSR count). The molecule has 0 bridgehead atoms. The second-order valence-electron chi connectivity index (χ2n) is 4.19. The van der Waals surface area contributed by atoms with E-state index in [1.807, 2.05) is 18.2 Å². The van der Waals surface area contributed by atoms with Crippen LogP contribution in [0.4, 0.5) is 5.69 Å². The number of phenols is 1. The molecule has 0 saturated carbocycles. The molecule has 102 valence electrons. The monoisotopic (exact) mass is 289 g/mol. The number of hydrogen-bond donors (Lipinski definition) is 1. The van der Waals surface area contributed by atoms with E-state index in [1.54, 1.807) is 11.8 Å². The summed E-state index contributed by atoms with van der Waals surface area (Å²) in [4.78, 5) is 2.10. The van der Waals surface area contributed by atoms with Crippen molar-refractivity contribution in [3.05, 3.63) is 18.2 Å². The van der Waals surface area contributed by atoms with E-state index in [0.717, 1.165) is 25.0 Å². The molecular weight excluding hydrogens is 270 g/mol. The highest BCUT2D eigenvalue weighted by Crippen LogP contribution is 2.29. The van der Waals surface area contributed by atoms with Crippen molar-refractivity contribution in [1.82, 2.24) is 0 Å². The third kappa shape index (κ3) is 4.10. The van der Waals surface area contributed by atoms with Gasteiger partial charge in [0.25, 0.3) is 0 Å². The van der Waals surface area contributed by atoms with Crippen LogP contribution in [0.1, 0.15) is 6.42 Å². The maximum absolute atomic E-state index is 11.5. The van der Waals surface area contributed by atoms with E-state index in [2.05, 4.69) is 0 Å². The number of sulfone groups is 1. The maximum atomic E-state index is 11.5. The van der Waals surface area contributed by atoms with E-state index in [0.29, 0.717) is 5.69 Å². The summed E-state index contributed by atoms with van der Waals surface area (Å²) in [6.45, 7) is 0.779. The Labute approximate surface area is 113 Å². The highest BCUT2D eigenvalue weighted by molar-refractivity contribution is 7.98. The Morgan fingerprint density at radius 1 is 1.39 bits per heavy atom. The fraction of sp³-hybridized carbons (Fsp3) is 0.500. The van der Waals surface area contributed by atoms with Gasteiger partial charge >= 0.3 is 0 Å². The van der Waals surface area contributed by atoms with Gasteiger partial charge in [0.05, 0.1) is 10.6 Å². The summed E-state index contributed by atoms with van der Waals surface area (Å²) in [7, 11) is -1.39. The van der Waals surface area contributed by atoms with Gasteiger partial charge in [0, 0.05) is 19.8 Å². The molecule has 0 atom stereocenters. The van der Waals surface area contributed by atoms with Crippen molar-refractivity contribution in [2.75, 3.05) is 36.8 Å². The average Bonchev–Trinajstić information content (AvgIpc) is 2.28. The van der Waals surface area contributed by atoms with E-state index < -0.39 is 9.84 Å². The number of phenolic OH excluding ortho intramolecular Hbond substituents is 1. The molecule has 0 fully saturated rings. The highest BCUT2D eigenvalue weighted by atomic mass is 32.2. The largest absolute Gasteiger partial charge is 0.506 e. The van der Waals surface area contributed by atoms with Crippen LogP contribution in [0.3, 0.4) is 0 Å². The predicted octanol–water partition coefficient (Wildman–Crippen LogP) is 1.98. The molecule has 1 aromatic carbocycles. The average molecular weight is 289 g/mol. The van der Waals surface area contributed by atoms with Gasteiger partial charge in [0.15, 0.2) is 9.84 Å². The van der Waals surface area contributed by atoms with E-state index in [4.69, 9.17) is 0 Å². The van der Waals surface area contributed by atoms with Gasteiger partial charge in [-0.05, 0) is 36.6 Å². The molecule has 0 saturated heterocycles. The zero-order chi connectivity index (χ0) is 13.8. The number of aromatic hydroxyl groups is 1. The van der Waals surface area contributed by atoms with Gasteiger partial charge in [-0.25, -0.2) is 8.42 Å². The van der Waals surface area contributed by atoms with Crippen molar-refractivity contribution in [3.8, 4) is 5.75 Å². The van der Waals surface area contributed by atoms with Crippen LogP contribution in [0.15, 0.2) is 23.1 Å². The minimum absolute atomic E-state index is 0.106. The molecule has 0 aliphatic heterocycles. The van der Waals surface area contributed by atoms with E-state index in [1.165, 1.54) is 18.2 Å². The Balaban J connectivity index is 2.93. The zero-order valence-corrected chi connectivity index (χ0v) is 12.5. The van der Waals surface area contributed by atoms with Crippen molar-refractivity contribution < 1.29 is 13.5 Å². The normalized spacial score (nSPS) is 11.5. The van der Waals surface area contributed by atoms with Crippen molar-refractivity contribution in [2.45, 2.75) is 11.3 Å². The molecule has 4 nitrogen and oxygen atoms in total. The molecule has 18 heavy (non-hydrogen) atoms. The van der Waals surface area contributed by atoms with Crippen molar-refractivity contribution >= 4 is 27.3 Å². The molecule has 0 aliphatic carbocycles. The molecule has 0 radical (unpaired) electrons. The number of thioether (sulfide) groups is 1. The second-order valence-corrected chi connectivity index (χ2v) is 7.19. The summed E-state index contributed by atoms with van der Waals surface area (Å²) in [5, 5.41) is 9.79. The zero-order valence-electron chi connectivity index (χ0n) is 10.9. The van der Waals surface area contributed by atoms with Crippen LogP contribution in [0.2, 0.25) is 0 Å². The molecule has 0 aliphatic rings. The lowest BCUT2D eigenvalue weighted by Gasteiger charge is -2.20. The molecule has 1 N–H and O–H groups in total. The molecule has 0 amide bonds. The highest BCUT2D eigenvalue weighted by Gasteiger charge is 2.13. The van der Waals surface area contributed by atoms with Gasteiger partial charge in [-0.1, -0.05) is 0 Å². The van der Waals surface area contributed by atoms with E-state index in [9.17, 15) is 13.5 Å². The van der Waals surface area contributed by atoms with Crippen LogP contribution in [0.25, 0.3) is 0 Å². The summed E-state index contributed by atoms with van der Waals surface area (Å²) in [5.74, 6) is 1.14. The second kappa shape index (κ2) is 6.33. The molecule has 0 aromatic heterocycles. The fourth-order valence-corrected chi connectivity index (χ4v) is 2.66. The molecule has 6 heteroatoms. The van der Waals surface area contributed by atoms with Gasteiger partial charge in [-0.3, -0.25) is 0 Å². The molecule has 1 aromatic rings. The van der Waals surface area contributed by atoms with E-state index >= 15 is 0 Å². The van der Waals surface area contributed by atoms with Crippen LogP contribution < -0.4 is 4.90 Å². The predicted molar refractivity (Wildman–Crippen MR) is 77.5 cm³/mol. The Bertz CT molecular complexity index is 500. The SMILES string of the molecule is CSCCCN(C)c1cc(S(C)(=O)=O)ccc1O. The molecule has 0 heterocycles. The maximum Gasteiger partial charge on any atom is 0.175 e. The van der Waals surface area contributed by atoms with Gasteiger partial charge in [-0.15, -0.1) is 0 Å². The smallest absolute Gasteiger partial charge is 0.175 e. The molecule has 0 spiro atoms. The summed E-state index contributed by atoms with van der Waals surface area (Å²) >= 11 is 1.77. The third-order valence-electron chi connectivity index (χ3n) is 2.63. The minimum Gasteiger partial charge on any atom is -0.506 e. The first kappa shape index (κ1) is 15.2. The Hall–Kier alpha value is -0.880. The van der Waals surface area contributed by atoms with E-state index in [-0.39, 0.29) is 10.6 Å². The standard InChI is InChI=1S/C12H19NO3S2/c1-13(7-4-8-17-2)11-9-10(18(3,15)16)5-6-12(11)14/h5-6,9,14H,4,7-8H2,1-3H3. The van der Waals surface area contributed by atoms with Crippen LogP contribution in [-0.4, -0.2) is 45.4 Å². The Morgan fingerprint density at radius 3 is 2.61 bits per heavy atom. The summed E-state index contributed by atoms with van der Waals surface area (Å²) < 4.78 is 23.0. The third-order valence-corrected chi connectivity index (χ3v) is 4.44. The lowest BCUT2D eigenvalue weighted by molar-refractivity contribution is 0.474. The number of hydrogen-bond acceptors (Lipinski definition) is 5. The van der Waals surface area contributed by atoms with Gasteiger partial charge in [-0.2, -0.15) is 11.8 Å². The van der Waals surface area contributed by atoms with Gasteiger partial charge < -0.3 is 10.0 Å². The summed E-state index contributed by atoms with van der Waals surface area (Å²) in [6, 6.07) is 4.37. The first-order chi connectivity index (χ1) is 8.36. The van der Waals surface area contributed by atoms with Crippen molar-refractivity contribution in [1.29, 1.82) is 0 Å². The first-order valence-electron chi connectivity index (χ1n) is 5.59. The van der Waals surface area contributed by atoms with Crippen LogP contribution >= 0.6 is 11.8 Å². The minimum atomic E-state index is -3.24. The quantitative estimate of drug-likeness (QED) is 0.812. The Kier molecular flexibility index (Phi) is 5.34. The topological polar surface area (TPSA) is 57.6 Å². The fourth-order valence-electron chi connectivity index (χ4n) is 1.61. The molecular formula is C12H19NO3S2. The number of nitrogens with zero attached hydrogens (tertiary/aromatic N) is 1. The number of anilines is 1. The van der Waals surface area contributed by atoms with Crippen molar-refractivity contribution in [2.24, 2.45) is 0 Å². The summed E-state index contributed by atoms with van der Waals surface area (Å²) in [5.41, 5.74) is 0.555. The van der Waals surface area contributed by atoms with Gasteiger partial charge in [0.2, 0.25) is 0 Å². The number of rotatable bonds is 6. The first-order valence-corrected chi connectivity index (χ1v) is 8.88. The summed E-state index contributed by atoms with van der Waals surface area (Å²) in [6.07, 6.45) is 4.19. The van der Waals surface area contributed by atoms with Crippen LogP contribution in [0.5, 0.6) is 5.75 Å². The molecule has 0 unspecified atom stereocenters. The van der Waals surface area contributed by atoms with Gasteiger partial charge in [0.1, 0.15) is 5.75 Å². The Morgan fingerprint density at radius 2 is 2.06 bits per heavy atom. The lowest BCUT2D eigenvalue weighted by Crippen LogP contribution is -2.19.